The van der Waals surface area contributed by atoms with E-state index in [0.717, 1.165) is 11.3 Å². The zero-order chi connectivity index (χ0) is 15.2. The lowest BCUT2D eigenvalue weighted by Crippen LogP contribution is -2.23. The largest absolute Gasteiger partial charge is 0.480 e. The summed E-state index contributed by atoms with van der Waals surface area (Å²) >= 11 is 0. The molecule has 1 aromatic carbocycles. The monoisotopic (exact) mass is 285 g/mol. The molecule has 2 aromatic rings. The maximum atomic E-state index is 12.2. The van der Waals surface area contributed by atoms with Gasteiger partial charge in [0.2, 0.25) is 5.88 Å². The summed E-state index contributed by atoms with van der Waals surface area (Å²) in [5, 5.41) is 2.88. The summed E-state index contributed by atoms with van der Waals surface area (Å²) in [6, 6.07) is 11.4. The first-order chi connectivity index (χ1) is 10.1. The number of nitrogens with one attached hydrogen (secondary N) is 1. The Labute approximate surface area is 124 Å². The molecule has 0 aliphatic rings. The minimum absolute atomic E-state index is 0.199. The summed E-state index contributed by atoms with van der Waals surface area (Å²) in [7, 11) is 5.47. The van der Waals surface area contributed by atoms with Crippen LogP contribution in [0.1, 0.15) is 15.9 Å². The number of anilines is 1. The van der Waals surface area contributed by atoms with Gasteiger partial charge in [-0.3, -0.25) is 4.79 Å². The van der Waals surface area contributed by atoms with E-state index in [1.807, 2.05) is 43.3 Å². The molecule has 0 spiro atoms. The smallest absolute Gasteiger partial charge is 0.257 e. The number of benzene rings is 1. The van der Waals surface area contributed by atoms with Crippen LogP contribution in [0.25, 0.3) is 0 Å². The highest BCUT2D eigenvalue weighted by molar-refractivity contribution is 5.96. The average molecular weight is 285 g/mol. The molecule has 0 fully saturated rings. The summed E-state index contributed by atoms with van der Waals surface area (Å²) < 4.78 is 5.09. The minimum atomic E-state index is -0.199. The van der Waals surface area contributed by atoms with E-state index in [2.05, 4.69) is 10.3 Å². The van der Waals surface area contributed by atoms with Gasteiger partial charge in [0.15, 0.2) is 0 Å². The van der Waals surface area contributed by atoms with Crippen molar-refractivity contribution in [3.63, 3.8) is 0 Å². The van der Waals surface area contributed by atoms with Gasteiger partial charge >= 0.3 is 0 Å². The first-order valence-corrected chi connectivity index (χ1v) is 6.65. The first-order valence-electron chi connectivity index (χ1n) is 6.65. The van der Waals surface area contributed by atoms with Crippen LogP contribution in [-0.2, 0) is 6.54 Å². The van der Waals surface area contributed by atoms with Crippen molar-refractivity contribution in [2.45, 2.75) is 6.54 Å². The van der Waals surface area contributed by atoms with E-state index >= 15 is 0 Å². The zero-order valence-electron chi connectivity index (χ0n) is 12.5. The summed E-state index contributed by atoms with van der Waals surface area (Å²) in [4.78, 5) is 18.2. The normalized spacial score (nSPS) is 10.0. The van der Waals surface area contributed by atoms with Gasteiger partial charge in [-0.1, -0.05) is 12.1 Å². The van der Waals surface area contributed by atoms with Gasteiger partial charge in [-0.15, -0.1) is 0 Å². The summed E-state index contributed by atoms with van der Waals surface area (Å²) in [6.45, 7) is 0.457. The van der Waals surface area contributed by atoms with Crippen LogP contribution < -0.4 is 15.0 Å². The van der Waals surface area contributed by atoms with E-state index < -0.39 is 0 Å². The standard InChI is InChI=1S/C16H19N3O2/c1-19(2)13-7-4-6-12(10-13)11-18-15(20)14-8-5-9-17-16(14)21-3/h4-10H,11H2,1-3H3,(H,18,20). The predicted octanol–water partition coefficient (Wildman–Crippen LogP) is 2.09. The van der Waals surface area contributed by atoms with Crippen LogP contribution in [0.3, 0.4) is 0 Å². The van der Waals surface area contributed by atoms with E-state index in [1.54, 1.807) is 18.3 Å². The SMILES string of the molecule is COc1ncccc1C(=O)NCc1cccc(N(C)C)c1. The number of amides is 1. The van der Waals surface area contributed by atoms with Crippen molar-refractivity contribution in [1.29, 1.82) is 0 Å². The van der Waals surface area contributed by atoms with Crippen LogP contribution in [-0.4, -0.2) is 32.1 Å². The van der Waals surface area contributed by atoms with E-state index in [1.165, 1.54) is 7.11 Å². The highest BCUT2D eigenvalue weighted by Gasteiger charge is 2.12. The molecule has 0 saturated heterocycles. The van der Waals surface area contributed by atoms with E-state index in [0.29, 0.717) is 18.0 Å². The number of aromatic nitrogens is 1. The number of rotatable bonds is 5. The van der Waals surface area contributed by atoms with Gasteiger partial charge in [-0.25, -0.2) is 4.98 Å². The molecule has 2 rings (SSSR count). The second-order valence-electron chi connectivity index (χ2n) is 4.81. The van der Waals surface area contributed by atoms with Gasteiger partial charge in [0.1, 0.15) is 5.56 Å². The van der Waals surface area contributed by atoms with Crippen molar-refractivity contribution in [2.75, 3.05) is 26.1 Å². The Bertz CT molecular complexity index is 626. The third kappa shape index (κ3) is 3.72. The number of ether oxygens (including phenoxy) is 1. The molecule has 0 aliphatic carbocycles. The van der Waals surface area contributed by atoms with Crippen molar-refractivity contribution in [2.24, 2.45) is 0 Å². The van der Waals surface area contributed by atoms with Gasteiger partial charge in [-0.05, 0) is 29.8 Å². The molecule has 110 valence electrons. The van der Waals surface area contributed by atoms with Crippen molar-refractivity contribution in [1.82, 2.24) is 10.3 Å². The van der Waals surface area contributed by atoms with Crippen LogP contribution in [0.2, 0.25) is 0 Å². The Morgan fingerprint density at radius 3 is 2.81 bits per heavy atom. The molecule has 0 aliphatic heterocycles. The molecule has 1 heterocycles. The second-order valence-corrected chi connectivity index (χ2v) is 4.81. The number of carbonyl (C=O) groups excluding carboxylic acids is 1. The molecular weight excluding hydrogens is 266 g/mol. The lowest BCUT2D eigenvalue weighted by Gasteiger charge is -2.14. The molecule has 0 atom stereocenters. The fourth-order valence-corrected chi connectivity index (χ4v) is 1.95. The predicted molar refractivity (Wildman–Crippen MR) is 82.7 cm³/mol. The third-order valence-electron chi connectivity index (χ3n) is 3.09. The van der Waals surface area contributed by atoms with Crippen LogP contribution in [0.4, 0.5) is 5.69 Å². The van der Waals surface area contributed by atoms with E-state index in [9.17, 15) is 4.79 Å². The third-order valence-corrected chi connectivity index (χ3v) is 3.09. The Morgan fingerprint density at radius 1 is 1.29 bits per heavy atom. The summed E-state index contributed by atoms with van der Waals surface area (Å²) in [5.41, 5.74) is 2.57. The van der Waals surface area contributed by atoms with Gasteiger partial charge in [0, 0.05) is 32.5 Å². The summed E-state index contributed by atoms with van der Waals surface area (Å²) in [5.74, 6) is 0.132. The van der Waals surface area contributed by atoms with Crippen molar-refractivity contribution in [3.05, 3.63) is 53.7 Å². The van der Waals surface area contributed by atoms with Crippen LogP contribution >= 0.6 is 0 Å². The van der Waals surface area contributed by atoms with Crippen LogP contribution in [0.5, 0.6) is 5.88 Å². The number of methoxy groups -OCH3 is 1. The Hall–Kier alpha value is -2.56. The highest BCUT2D eigenvalue weighted by Crippen LogP contribution is 2.15. The molecule has 5 nitrogen and oxygen atoms in total. The van der Waals surface area contributed by atoms with E-state index in [-0.39, 0.29) is 5.91 Å². The van der Waals surface area contributed by atoms with Crippen LogP contribution in [0, 0.1) is 0 Å². The topological polar surface area (TPSA) is 54.5 Å². The molecular formula is C16H19N3O2. The number of hydrogen-bond donors (Lipinski definition) is 1. The van der Waals surface area contributed by atoms with Crippen molar-refractivity contribution >= 4 is 11.6 Å². The molecule has 1 N–H and O–H groups in total. The number of hydrogen-bond acceptors (Lipinski definition) is 4. The maximum absolute atomic E-state index is 12.2. The van der Waals surface area contributed by atoms with Gasteiger partial charge in [0.25, 0.3) is 5.91 Å². The number of carbonyl (C=O) groups is 1. The fraction of sp³-hybridized carbons (Fsp3) is 0.250. The Morgan fingerprint density at radius 2 is 2.10 bits per heavy atom. The number of pyridine rings is 1. The molecule has 0 saturated carbocycles. The lowest BCUT2D eigenvalue weighted by molar-refractivity contribution is 0.0947. The fourth-order valence-electron chi connectivity index (χ4n) is 1.95. The zero-order valence-corrected chi connectivity index (χ0v) is 12.5. The Kier molecular flexibility index (Phi) is 4.77. The molecule has 5 heteroatoms. The molecule has 1 aromatic heterocycles. The number of nitrogens with zero attached hydrogens (tertiary/aromatic N) is 2. The molecule has 0 bridgehead atoms. The lowest BCUT2D eigenvalue weighted by atomic mass is 10.2. The molecule has 0 radical (unpaired) electrons. The second kappa shape index (κ2) is 6.74. The maximum Gasteiger partial charge on any atom is 0.257 e. The quantitative estimate of drug-likeness (QED) is 0.914. The van der Waals surface area contributed by atoms with Crippen LogP contribution in [0.15, 0.2) is 42.6 Å². The van der Waals surface area contributed by atoms with E-state index in [4.69, 9.17) is 4.74 Å². The summed E-state index contributed by atoms with van der Waals surface area (Å²) in [6.07, 6.45) is 1.59. The van der Waals surface area contributed by atoms with Gasteiger partial charge in [0.05, 0.1) is 7.11 Å². The Balaban J connectivity index is 2.06. The average Bonchev–Trinajstić information content (AvgIpc) is 2.52. The van der Waals surface area contributed by atoms with Crippen molar-refractivity contribution < 1.29 is 9.53 Å². The molecule has 0 unspecified atom stereocenters. The van der Waals surface area contributed by atoms with Gasteiger partial charge < -0.3 is 15.0 Å². The first kappa shape index (κ1) is 14.8. The molecule has 1 amide bonds. The highest BCUT2D eigenvalue weighted by atomic mass is 16.5. The van der Waals surface area contributed by atoms with Crippen molar-refractivity contribution in [3.8, 4) is 5.88 Å². The molecule has 21 heavy (non-hydrogen) atoms. The minimum Gasteiger partial charge on any atom is -0.480 e. The van der Waals surface area contributed by atoms with Gasteiger partial charge in [-0.2, -0.15) is 0 Å².